The van der Waals surface area contributed by atoms with Gasteiger partial charge in [-0.2, -0.15) is 0 Å². The number of benzene rings is 1. The molecule has 1 saturated carbocycles. The molecule has 2 rings (SSSR count). The largest absolute Gasteiger partial charge is 0.325 e. The van der Waals surface area contributed by atoms with Gasteiger partial charge in [0.25, 0.3) is 0 Å². The summed E-state index contributed by atoms with van der Waals surface area (Å²) < 4.78 is 0. The minimum Gasteiger partial charge on any atom is -0.325 e. The summed E-state index contributed by atoms with van der Waals surface area (Å²) in [7, 11) is 0. The molecule has 13 heavy (non-hydrogen) atoms. The zero-order valence-corrected chi connectivity index (χ0v) is 8.70. The molecule has 1 aliphatic rings. The maximum atomic E-state index is 6.04. The summed E-state index contributed by atoms with van der Waals surface area (Å²) in [4.78, 5) is 0. The van der Waals surface area contributed by atoms with Gasteiger partial charge >= 0.3 is 0 Å². The third-order valence-corrected chi connectivity index (χ3v) is 3.32. The van der Waals surface area contributed by atoms with Crippen LogP contribution in [0.5, 0.6) is 0 Å². The van der Waals surface area contributed by atoms with E-state index in [1.807, 2.05) is 12.1 Å². The van der Waals surface area contributed by atoms with Gasteiger partial charge in [0.1, 0.15) is 0 Å². The summed E-state index contributed by atoms with van der Waals surface area (Å²) in [6.07, 6.45) is 3.03. The lowest BCUT2D eigenvalue weighted by Gasteiger charge is -2.10. The summed E-state index contributed by atoms with van der Waals surface area (Å²) in [5.74, 6) is 0. The van der Waals surface area contributed by atoms with Gasteiger partial charge in [0.05, 0.1) is 10.0 Å². The average Bonchev–Trinajstić information content (AvgIpc) is 2.78. The second kappa shape index (κ2) is 3.16. The molecule has 0 aromatic heterocycles. The van der Waals surface area contributed by atoms with Crippen LogP contribution in [0.2, 0.25) is 10.0 Å². The van der Waals surface area contributed by atoms with E-state index in [0.29, 0.717) is 10.0 Å². The quantitative estimate of drug-likeness (QED) is 0.807. The standard InChI is InChI=1S/C10H11Cl2N/c11-8-3-1-2-7(9(8)12)6-10(13)4-5-10/h1-3H,4-6,13H2. The van der Waals surface area contributed by atoms with E-state index in [1.54, 1.807) is 6.07 Å². The van der Waals surface area contributed by atoms with E-state index in [9.17, 15) is 0 Å². The normalized spacial score (nSPS) is 18.7. The zero-order valence-electron chi connectivity index (χ0n) is 7.19. The Bertz CT molecular complexity index is 332. The Morgan fingerprint density at radius 2 is 2.00 bits per heavy atom. The predicted octanol–water partition coefficient (Wildman–Crippen LogP) is 3.03. The maximum absolute atomic E-state index is 6.04. The number of hydrogen-bond donors (Lipinski definition) is 1. The molecule has 0 heterocycles. The molecule has 1 nitrogen and oxygen atoms in total. The van der Waals surface area contributed by atoms with Crippen molar-refractivity contribution in [3.63, 3.8) is 0 Å². The van der Waals surface area contributed by atoms with Crippen LogP contribution in [0.15, 0.2) is 18.2 Å². The van der Waals surface area contributed by atoms with Crippen LogP contribution in [0.4, 0.5) is 0 Å². The highest BCUT2D eigenvalue weighted by Gasteiger charge is 2.38. The van der Waals surface area contributed by atoms with Gasteiger partial charge in [-0.3, -0.25) is 0 Å². The van der Waals surface area contributed by atoms with Crippen LogP contribution in [0, 0.1) is 0 Å². The fraction of sp³-hybridized carbons (Fsp3) is 0.400. The molecule has 1 aromatic rings. The van der Waals surface area contributed by atoms with Gasteiger partial charge in [0.15, 0.2) is 0 Å². The molecule has 1 aliphatic carbocycles. The van der Waals surface area contributed by atoms with Crippen LogP contribution < -0.4 is 5.73 Å². The van der Waals surface area contributed by atoms with Crippen molar-refractivity contribution in [1.29, 1.82) is 0 Å². The molecule has 70 valence electrons. The first kappa shape index (κ1) is 9.32. The molecule has 0 saturated heterocycles. The van der Waals surface area contributed by atoms with Crippen LogP contribution >= 0.6 is 23.2 Å². The number of halogens is 2. The summed E-state index contributed by atoms with van der Waals surface area (Å²) >= 11 is 11.9. The van der Waals surface area contributed by atoms with Crippen molar-refractivity contribution in [2.45, 2.75) is 24.8 Å². The molecule has 0 atom stereocenters. The van der Waals surface area contributed by atoms with Crippen LogP contribution in [0.3, 0.4) is 0 Å². The van der Waals surface area contributed by atoms with Crippen molar-refractivity contribution in [3.8, 4) is 0 Å². The highest BCUT2D eigenvalue weighted by Crippen LogP contribution is 2.38. The van der Waals surface area contributed by atoms with E-state index in [4.69, 9.17) is 28.9 Å². The summed E-state index contributed by atoms with van der Waals surface area (Å²) in [6.45, 7) is 0. The first-order chi connectivity index (χ1) is 6.11. The molecular formula is C10H11Cl2N. The highest BCUT2D eigenvalue weighted by molar-refractivity contribution is 6.42. The molecule has 1 aromatic carbocycles. The Hall–Kier alpha value is -0.240. The molecule has 0 unspecified atom stereocenters. The van der Waals surface area contributed by atoms with Crippen molar-refractivity contribution in [1.82, 2.24) is 0 Å². The van der Waals surface area contributed by atoms with Crippen LogP contribution in [-0.2, 0) is 6.42 Å². The third-order valence-electron chi connectivity index (χ3n) is 2.47. The second-order valence-corrected chi connectivity index (χ2v) is 4.54. The monoisotopic (exact) mass is 215 g/mol. The van der Waals surface area contributed by atoms with Gasteiger partial charge in [0, 0.05) is 5.54 Å². The van der Waals surface area contributed by atoms with Gasteiger partial charge in [-0.1, -0.05) is 35.3 Å². The lowest BCUT2D eigenvalue weighted by Crippen LogP contribution is -2.24. The average molecular weight is 216 g/mol. The minimum absolute atomic E-state index is 0.00563. The Morgan fingerprint density at radius 1 is 1.31 bits per heavy atom. The van der Waals surface area contributed by atoms with Crippen molar-refractivity contribution in [3.05, 3.63) is 33.8 Å². The first-order valence-electron chi connectivity index (χ1n) is 4.32. The van der Waals surface area contributed by atoms with Crippen molar-refractivity contribution >= 4 is 23.2 Å². The fourth-order valence-electron chi connectivity index (χ4n) is 1.40. The molecule has 0 radical (unpaired) electrons. The van der Waals surface area contributed by atoms with E-state index in [-0.39, 0.29) is 5.54 Å². The molecule has 0 aliphatic heterocycles. The number of rotatable bonds is 2. The van der Waals surface area contributed by atoms with Crippen molar-refractivity contribution < 1.29 is 0 Å². The predicted molar refractivity (Wildman–Crippen MR) is 56.3 cm³/mol. The molecule has 0 spiro atoms. The van der Waals surface area contributed by atoms with Gasteiger partial charge < -0.3 is 5.73 Å². The van der Waals surface area contributed by atoms with E-state index in [0.717, 1.165) is 24.8 Å². The number of hydrogen-bond acceptors (Lipinski definition) is 1. The lowest BCUT2D eigenvalue weighted by atomic mass is 10.1. The van der Waals surface area contributed by atoms with Gasteiger partial charge in [-0.15, -0.1) is 0 Å². The topological polar surface area (TPSA) is 26.0 Å². The molecular weight excluding hydrogens is 205 g/mol. The van der Waals surface area contributed by atoms with E-state index in [2.05, 4.69) is 0 Å². The Morgan fingerprint density at radius 3 is 2.62 bits per heavy atom. The molecule has 0 bridgehead atoms. The van der Waals surface area contributed by atoms with Crippen molar-refractivity contribution in [2.24, 2.45) is 5.73 Å². The molecule has 1 fully saturated rings. The molecule has 2 N–H and O–H groups in total. The van der Waals surface area contributed by atoms with Gasteiger partial charge in [0.2, 0.25) is 0 Å². The Balaban J connectivity index is 2.25. The summed E-state index contributed by atoms with van der Waals surface area (Å²) in [5, 5.41) is 1.27. The maximum Gasteiger partial charge on any atom is 0.0624 e. The van der Waals surface area contributed by atoms with Crippen LogP contribution in [0.25, 0.3) is 0 Å². The minimum atomic E-state index is -0.00563. The van der Waals surface area contributed by atoms with Gasteiger partial charge in [-0.25, -0.2) is 0 Å². The molecule has 0 amide bonds. The summed E-state index contributed by atoms with van der Waals surface area (Å²) in [5.41, 5.74) is 7.05. The van der Waals surface area contributed by atoms with Crippen LogP contribution in [-0.4, -0.2) is 5.54 Å². The van der Waals surface area contributed by atoms with Crippen molar-refractivity contribution in [2.75, 3.05) is 0 Å². The summed E-state index contributed by atoms with van der Waals surface area (Å²) in [6, 6.07) is 5.69. The highest BCUT2D eigenvalue weighted by atomic mass is 35.5. The van der Waals surface area contributed by atoms with Gasteiger partial charge in [-0.05, 0) is 30.9 Å². The first-order valence-corrected chi connectivity index (χ1v) is 5.08. The Labute approximate surface area is 87.8 Å². The van der Waals surface area contributed by atoms with Crippen LogP contribution in [0.1, 0.15) is 18.4 Å². The smallest absolute Gasteiger partial charge is 0.0624 e. The van der Waals surface area contributed by atoms with E-state index >= 15 is 0 Å². The van der Waals surface area contributed by atoms with E-state index < -0.39 is 0 Å². The third kappa shape index (κ3) is 1.98. The number of nitrogens with two attached hydrogens (primary N) is 1. The SMILES string of the molecule is NC1(Cc2cccc(Cl)c2Cl)CC1. The second-order valence-electron chi connectivity index (χ2n) is 3.75. The fourth-order valence-corrected chi connectivity index (χ4v) is 1.79. The lowest BCUT2D eigenvalue weighted by molar-refractivity contribution is 0.672. The Kier molecular flexibility index (Phi) is 2.26. The van der Waals surface area contributed by atoms with E-state index in [1.165, 1.54) is 0 Å². The molecule has 3 heteroatoms. The zero-order chi connectivity index (χ0) is 9.47.